The van der Waals surface area contributed by atoms with Gasteiger partial charge in [0.15, 0.2) is 0 Å². The minimum atomic E-state index is -0.668. The Morgan fingerprint density at radius 2 is 0.651 bits per heavy atom. The van der Waals surface area contributed by atoms with Gasteiger partial charge in [-0.2, -0.15) is 0 Å². The largest absolute Gasteiger partial charge is 0.466 e. The van der Waals surface area contributed by atoms with E-state index in [2.05, 4.69) is 19.2 Å². The topological polar surface area (TPSA) is 95.9 Å². The Morgan fingerprint density at radius 3 is 0.968 bits per heavy atom. The SMILES string of the molecule is CCCCCCCCCCCCCCCCCCCCC(O)C(CO)NC(=O)CCCCCCCCCCCCCCCCCCOC(=O)CCCCCCCCCCCCCC. The minimum absolute atomic E-state index is 0.00490. The molecule has 0 heterocycles. The van der Waals surface area contributed by atoms with Gasteiger partial charge < -0.3 is 20.3 Å². The fraction of sp³-hybridized carbons (Fsp3) is 0.965. The van der Waals surface area contributed by atoms with E-state index in [9.17, 15) is 19.8 Å². The molecule has 0 aliphatic rings. The maximum absolute atomic E-state index is 12.5. The molecule has 0 aromatic heterocycles. The molecule has 376 valence electrons. The Kier molecular flexibility index (Phi) is 52.5. The third-order valence-corrected chi connectivity index (χ3v) is 13.7. The predicted octanol–water partition coefficient (Wildman–Crippen LogP) is 17.5. The number of hydrogen-bond donors (Lipinski definition) is 3. The van der Waals surface area contributed by atoms with Gasteiger partial charge in [-0.1, -0.05) is 290 Å². The van der Waals surface area contributed by atoms with Crippen LogP contribution in [-0.2, 0) is 14.3 Å². The Labute approximate surface area is 394 Å². The van der Waals surface area contributed by atoms with Crippen LogP contribution in [0.3, 0.4) is 0 Å². The molecular weight excluding hydrogens is 779 g/mol. The van der Waals surface area contributed by atoms with Crippen molar-refractivity contribution in [2.45, 2.75) is 341 Å². The van der Waals surface area contributed by atoms with Crippen LogP contribution in [0.1, 0.15) is 328 Å². The fourth-order valence-corrected chi connectivity index (χ4v) is 9.23. The van der Waals surface area contributed by atoms with Gasteiger partial charge in [-0.05, 0) is 25.7 Å². The van der Waals surface area contributed by atoms with Gasteiger partial charge in [0.25, 0.3) is 0 Å². The molecule has 0 radical (unpaired) electrons. The van der Waals surface area contributed by atoms with Crippen LogP contribution in [0, 0.1) is 0 Å². The van der Waals surface area contributed by atoms with Crippen molar-refractivity contribution in [3.8, 4) is 0 Å². The number of unbranched alkanes of at least 4 members (excludes halogenated alkanes) is 43. The number of nitrogens with one attached hydrogen (secondary N) is 1. The normalized spacial score (nSPS) is 12.5. The molecule has 0 aromatic carbocycles. The van der Waals surface area contributed by atoms with Gasteiger partial charge in [-0.25, -0.2) is 0 Å². The molecule has 63 heavy (non-hydrogen) atoms. The Hall–Kier alpha value is -1.14. The van der Waals surface area contributed by atoms with Gasteiger partial charge in [-0.15, -0.1) is 0 Å². The summed E-state index contributed by atoms with van der Waals surface area (Å²) in [4.78, 5) is 24.5. The van der Waals surface area contributed by atoms with Crippen LogP contribution >= 0.6 is 0 Å². The molecule has 0 aliphatic carbocycles. The first-order valence-corrected chi connectivity index (χ1v) is 28.8. The molecular formula is C57H113NO5. The van der Waals surface area contributed by atoms with E-state index in [0.717, 1.165) is 44.9 Å². The summed E-state index contributed by atoms with van der Waals surface area (Å²) in [6.07, 6.45) is 60.8. The van der Waals surface area contributed by atoms with Crippen molar-refractivity contribution in [2.75, 3.05) is 13.2 Å². The lowest BCUT2D eigenvalue weighted by atomic mass is 10.0. The van der Waals surface area contributed by atoms with Crippen LogP contribution in [0.25, 0.3) is 0 Å². The Morgan fingerprint density at radius 1 is 0.381 bits per heavy atom. The van der Waals surface area contributed by atoms with Crippen LogP contribution in [-0.4, -0.2) is 47.4 Å². The van der Waals surface area contributed by atoms with Crippen LogP contribution in [0.5, 0.6) is 0 Å². The fourth-order valence-electron chi connectivity index (χ4n) is 9.23. The summed E-state index contributed by atoms with van der Waals surface area (Å²) in [7, 11) is 0. The number of carbonyl (C=O) groups excluding carboxylic acids is 2. The summed E-state index contributed by atoms with van der Waals surface area (Å²) in [5, 5.41) is 23.3. The lowest BCUT2D eigenvalue weighted by Crippen LogP contribution is -2.45. The number of carbonyl (C=O) groups is 2. The van der Waals surface area contributed by atoms with Gasteiger partial charge in [0.1, 0.15) is 0 Å². The zero-order chi connectivity index (χ0) is 45.8. The highest BCUT2D eigenvalue weighted by molar-refractivity contribution is 5.76. The summed E-state index contributed by atoms with van der Waals surface area (Å²) in [5.41, 5.74) is 0. The standard InChI is InChI=1S/C57H113NO5/c1-3-5-7-9-11-13-15-17-18-19-20-23-26-29-33-37-41-45-49-55(60)54(53-59)58-56(61)50-46-42-38-34-30-27-24-21-22-25-28-32-36-40-44-48-52-63-57(62)51-47-43-39-35-31-16-14-12-10-8-6-4-2/h54-55,59-60H,3-53H2,1-2H3,(H,58,61). The molecule has 0 saturated heterocycles. The van der Waals surface area contributed by atoms with Crippen molar-refractivity contribution in [3.63, 3.8) is 0 Å². The molecule has 0 fully saturated rings. The molecule has 0 spiro atoms. The first-order valence-electron chi connectivity index (χ1n) is 28.8. The molecule has 6 heteroatoms. The summed E-state index contributed by atoms with van der Waals surface area (Å²) < 4.78 is 5.46. The van der Waals surface area contributed by atoms with Crippen molar-refractivity contribution in [1.29, 1.82) is 0 Å². The average Bonchev–Trinajstić information content (AvgIpc) is 3.28. The van der Waals surface area contributed by atoms with Crippen LogP contribution in [0.4, 0.5) is 0 Å². The third kappa shape index (κ3) is 50.1. The molecule has 0 saturated carbocycles. The second-order valence-corrected chi connectivity index (χ2v) is 20.0. The predicted molar refractivity (Wildman–Crippen MR) is 274 cm³/mol. The van der Waals surface area contributed by atoms with E-state index in [0.29, 0.717) is 25.9 Å². The molecule has 2 atom stereocenters. The molecule has 0 rings (SSSR count). The summed E-state index contributed by atoms with van der Waals surface area (Å²) >= 11 is 0. The highest BCUT2D eigenvalue weighted by Gasteiger charge is 2.20. The average molecular weight is 893 g/mol. The third-order valence-electron chi connectivity index (χ3n) is 13.7. The van der Waals surface area contributed by atoms with Crippen molar-refractivity contribution in [2.24, 2.45) is 0 Å². The Bertz CT molecular complexity index is 898. The highest BCUT2D eigenvalue weighted by atomic mass is 16.5. The summed E-state index contributed by atoms with van der Waals surface area (Å²) in [6.45, 7) is 4.96. The number of rotatable bonds is 54. The molecule has 3 N–H and O–H groups in total. The first kappa shape index (κ1) is 61.9. The van der Waals surface area contributed by atoms with Gasteiger partial charge in [0, 0.05) is 12.8 Å². The van der Waals surface area contributed by atoms with E-state index in [1.807, 2.05) is 0 Å². The van der Waals surface area contributed by atoms with Gasteiger partial charge >= 0.3 is 5.97 Å². The molecule has 0 bridgehead atoms. The number of esters is 1. The number of aliphatic hydroxyl groups is 2. The van der Waals surface area contributed by atoms with E-state index < -0.39 is 12.1 Å². The number of amides is 1. The second kappa shape index (κ2) is 53.5. The molecule has 0 aromatic rings. The lowest BCUT2D eigenvalue weighted by molar-refractivity contribution is -0.143. The van der Waals surface area contributed by atoms with Crippen LogP contribution in [0.15, 0.2) is 0 Å². The Balaban J connectivity index is 3.42. The van der Waals surface area contributed by atoms with E-state index >= 15 is 0 Å². The first-order chi connectivity index (χ1) is 31.0. The summed E-state index contributed by atoms with van der Waals surface area (Å²) in [5.74, 6) is -0.0333. The van der Waals surface area contributed by atoms with Crippen molar-refractivity contribution in [1.82, 2.24) is 5.32 Å². The van der Waals surface area contributed by atoms with Crippen LogP contribution in [0.2, 0.25) is 0 Å². The quantitative estimate of drug-likeness (QED) is 0.0418. The lowest BCUT2D eigenvalue weighted by Gasteiger charge is -2.22. The molecule has 6 nitrogen and oxygen atoms in total. The molecule has 1 amide bonds. The summed E-state index contributed by atoms with van der Waals surface area (Å²) in [6, 6.07) is -0.545. The van der Waals surface area contributed by atoms with Gasteiger partial charge in [-0.3, -0.25) is 9.59 Å². The van der Waals surface area contributed by atoms with Crippen molar-refractivity contribution in [3.05, 3.63) is 0 Å². The zero-order valence-corrected chi connectivity index (χ0v) is 42.8. The number of aliphatic hydroxyl groups excluding tert-OH is 2. The smallest absolute Gasteiger partial charge is 0.305 e. The maximum atomic E-state index is 12.5. The molecule has 2 unspecified atom stereocenters. The van der Waals surface area contributed by atoms with Crippen molar-refractivity contribution >= 4 is 11.9 Å². The highest BCUT2D eigenvalue weighted by Crippen LogP contribution is 2.18. The van der Waals surface area contributed by atoms with Crippen molar-refractivity contribution < 1.29 is 24.5 Å². The molecule has 0 aliphatic heterocycles. The maximum Gasteiger partial charge on any atom is 0.305 e. The zero-order valence-electron chi connectivity index (χ0n) is 42.8. The van der Waals surface area contributed by atoms with E-state index in [4.69, 9.17) is 4.74 Å². The van der Waals surface area contributed by atoms with Gasteiger partial charge in [0.2, 0.25) is 5.91 Å². The monoisotopic (exact) mass is 892 g/mol. The van der Waals surface area contributed by atoms with Gasteiger partial charge in [0.05, 0.1) is 25.4 Å². The second-order valence-electron chi connectivity index (χ2n) is 20.0. The minimum Gasteiger partial charge on any atom is -0.466 e. The van der Waals surface area contributed by atoms with E-state index in [1.54, 1.807) is 0 Å². The van der Waals surface area contributed by atoms with E-state index in [-0.39, 0.29) is 18.5 Å². The number of hydrogen-bond acceptors (Lipinski definition) is 5. The van der Waals surface area contributed by atoms with Crippen LogP contribution < -0.4 is 5.32 Å². The number of ether oxygens (including phenoxy) is 1. The van der Waals surface area contributed by atoms with E-state index in [1.165, 1.54) is 250 Å².